The molecule has 0 radical (unpaired) electrons. The van der Waals surface area contributed by atoms with Crippen molar-refractivity contribution in [3.05, 3.63) is 77.4 Å². The van der Waals surface area contributed by atoms with Crippen LogP contribution in [-0.4, -0.2) is 60.2 Å². The summed E-state index contributed by atoms with van der Waals surface area (Å²) in [6.45, 7) is 5.43. The fraction of sp³-hybridized carbons (Fsp3) is 0.269. The van der Waals surface area contributed by atoms with Crippen LogP contribution in [0, 0.1) is 13.8 Å². The molecule has 0 bridgehead atoms. The third-order valence-electron chi connectivity index (χ3n) is 6.06. The topological polar surface area (TPSA) is 122 Å². The lowest BCUT2D eigenvalue weighted by molar-refractivity contribution is 0.0300. The standard InChI is InChI=1S/C26H29N3O6S3/c1-18-4-5-19(2)24(16-18)28-37(31,32)21-8-6-20(7-9-21)27-38(33,34)22-10-11-25(36-3)23(17-22)26(30)29-12-14-35-15-13-29/h4-11,16-17,27-28H,12-15H2,1-3H3. The quantitative estimate of drug-likeness (QED) is 0.388. The average Bonchev–Trinajstić information content (AvgIpc) is 2.90. The fourth-order valence-electron chi connectivity index (χ4n) is 3.92. The van der Waals surface area contributed by atoms with E-state index in [1.54, 1.807) is 24.0 Å². The monoisotopic (exact) mass is 575 g/mol. The molecule has 12 heteroatoms. The van der Waals surface area contributed by atoms with E-state index in [2.05, 4.69) is 9.44 Å². The molecule has 1 saturated heterocycles. The highest BCUT2D eigenvalue weighted by atomic mass is 32.2. The Morgan fingerprint density at radius 3 is 2.13 bits per heavy atom. The van der Waals surface area contributed by atoms with E-state index in [0.717, 1.165) is 11.1 Å². The lowest BCUT2D eigenvalue weighted by Crippen LogP contribution is -2.40. The number of amides is 1. The van der Waals surface area contributed by atoms with Gasteiger partial charge in [0.1, 0.15) is 0 Å². The normalized spacial score (nSPS) is 14.2. The zero-order chi connectivity index (χ0) is 27.5. The first-order valence-electron chi connectivity index (χ1n) is 11.8. The number of rotatable bonds is 8. The number of aryl methyl sites for hydroxylation is 2. The van der Waals surface area contributed by atoms with Gasteiger partial charge in [-0.05, 0) is 79.8 Å². The molecule has 38 heavy (non-hydrogen) atoms. The third-order valence-corrected chi connectivity index (χ3v) is 9.62. The molecule has 3 aromatic carbocycles. The van der Waals surface area contributed by atoms with Gasteiger partial charge in [0.15, 0.2) is 0 Å². The Bertz CT molecular complexity index is 1550. The van der Waals surface area contributed by atoms with E-state index in [1.165, 1.54) is 48.2 Å². The molecule has 202 valence electrons. The highest BCUT2D eigenvalue weighted by Gasteiger charge is 2.24. The molecule has 4 rings (SSSR count). The maximum Gasteiger partial charge on any atom is 0.261 e. The maximum atomic E-state index is 13.2. The van der Waals surface area contributed by atoms with Crippen LogP contribution in [-0.2, 0) is 24.8 Å². The third kappa shape index (κ3) is 6.32. The van der Waals surface area contributed by atoms with Crippen molar-refractivity contribution in [3.63, 3.8) is 0 Å². The largest absolute Gasteiger partial charge is 0.378 e. The number of anilines is 2. The van der Waals surface area contributed by atoms with Gasteiger partial charge in [-0.1, -0.05) is 12.1 Å². The van der Waals surface area contributed by atoms with Gasteiger partial charge in [-0.15, -0.1) is 11.8 Å². The number of nitrogens with zero attached hydrogens (tertiary/aromatic N) is 1. The first kappa shape index (κ1) is 28.0. The predicted octanol–water partition coefficient (Wildman–Crippen LogP) is 4.10. The molecule has 1 fully saturated rings. The molecule has 1 heterocycles. The van der Waals surface area contributed by atoms with Crippen LogP contribution in [0.1, 0.15) is 21.5 Å². The van der Waals surface area contributed by atoms with E-state index in [-0.39, 0.29) is 21.4 Å². The number of ether oxygens (including phenoxy) is 1. The molecule has 1 aliphatic rings. The second kappa shape index (κ2) is 11.4. The maximum absolute atomic E-state index is 13.2. The van der Waals surface area contributed by atoms with Crippen LogP contribution in [0.2, 0.25) is 0 Å². The number of nitrogens with one attached hydrogen (secondary N) is 2. The molecule has 1 aliphatic heterocycles. The number of sulfonamides is 2. The fourth-order valence-corrected chi connectivity index (χ4v) is 6.70. The number of hydrogen-bond acceptors (Lipinski definition) is 7. The summed E-state index contributed by atoms with van der Waals surface area (Å²) in [5.74, 6) is -0.249. The Labute approximate surface area is 227 Å². The summed E-state index contributed by atoms with van der Waals surface area (Å²) < 4.78 is 62.4. The summed E-state index contributed by atoms with van der Waals surface area (Å²) in [6.07, 6.45) is 1.82. The summed E-state index contributed by atoms with van der Waals surface area (Å²) >= 11 is 1.36. The van der Waals surface area contributed by atoms with E-state index >= 15 is 0 Å². The van der Waals surface area contributed by atoms with Gasteiger partial charge in [0, 0.05) is 23.7 Å². The minimum Gasteiger partial charge on any atom is -0.378 e. The minimum absolute atomic E-state index is 0.0101. The molecule has 3 aromatic rings. The van der Waals surface area contributed by atoms with Crippen molar-refractivity contribution >= 4 is 49.1 Å². The molecule has 0 saturated carbocycles. The van der Waals surface area contributed by atoms with Crippen molar-refractivity contribution in [2.75, 3.05) is 42.0 Å². The number of hydrogen-bond donors (Lipinski definition) is 2. The number of thioether (sulfide) groups is 1. The first-order valence-corrected chi connectivity index (χ1v) is 16.0. The molecular weight excluding hydrogens is 547 g/mol. The van der Waals surface area contributed by atoms with Crippen LogP contribution in [0.5, 0.6) is 0 Å². The Kier molecular flexibility index (Phi) is 8.36. The van der Waals surface area contributed by atoms with Crippen molar-refractivity contribution < 1.29 is 26.4 Å². The van der Waals surface area contributed by atoms with Crippen LogP contribution in [0.3, 0.4) is 0 Å². The molecule has 0 aromatic heterocycles. The van der Waals surface area contributed by atoms with Crippen molar-refractivity contribution in [1.29, 1.82) is 0 Å². The average molecular weight is 576 g/mol. The Hall–Kier alpha value is -3.06. The van der Waals surface area contributed by atoms with E-state index in [1.807, 2.05) is 25.3 Å². The molecule has 2 N–H and O–H groups in total. The van der Waals surface area contributed by atoms with E-state index in [4.69, 9.17) is 4.74 Å². The van der Waals surface area contributed by atoms with Gasteiger partial charge in [0.2, 0.25) is 0 Å². The van der Waals surface area contributed by atoms with Crippen molar-refractivity contribution in [2.24, 2.45) is 0 Å². The van der Waals surface area contributed by atoms with E-state index < -0.39 is 20.0 Å². The zero-order valence-electron chi connectivity index (χ0n) is 21.2. The lowest BCUT2D eigenvalue weighted by Gasteiger charge is -2.27. The number of carbonyl (C=O) groups is 1. The van der Waals surface area contributed by atoms with Crippen molar-refractivity contribution in [3.8, 4) is 0 Å². The summed E-state index contributed by atoms with van der Waals surface area (Å²) in [6, 6.07) is 15.3. The van der Waals surface area contributed by atoms with Gasteiger partial charge >= 0.3 is 0 Å². The molecule has 0 unspecified atom stereocenters. The van der Waals surface area contributed by atoms with Gasteiger partial charge in [0.25, 0.3) is 26.0 Å². The summed E-state index contributed by atoms with van der Waals surface area (Å²) in [5, 5.41) is 0. The summed E-state index contributed by atoms with van der Waals surface area (Å²) in [5.41, 5.74) is 2.67. The van der Waals surface area contributed by atoms with Crippen LogP contribution in [0.25, 0.3) is 0 Å². The Morgan fingerprint density at radius 2 is 1.47 bits per heavy atom. The Morgan fingerprint density at radius 1 is 0.842 bits per heavy atom. The number of carbonyl (C=O) groups excluding carboxylic acids is 1. The second-order valence-electron chi connectivity index (χ2n) is 8.82. The molecule has 0 atom stereocenters. The highest BCUT2D eigenvalue weighted by Crippen LogP contribution is 2.27. The zero-order valence-corrected chi connectivity index (χ0v) is 23.7. The SMILES string of the molecule is CSc1ccc(S(=O)(=O)Nc2ccc(S(=O)(=O)Nc3cc(C)ccc3C)cc2)cc1C(=O)N1CCOCC1. The van der Waals surface area contributed by atoms with Crippen LogP contribution in [0.4, 0.5) is 11.4 Å². The minimum atomic E-state index is -4.05. The van der Waals surface area contributed by atoms with Gasteiger partial charge in [-0.3, -0.25) is 14.2 Å². The van der Waals surface area contributed by atoms with E-state index in [0.29, 0.717) is 42.4 Å². The first-order chi connectivity index (χ1) is 18.0. The van der Waals surface area contributed by atoms with Gasteiger partial charge in [-0.25, -0.2) is 16.8 Å². The van der Waals surface area contributed by atoms with Gasteiger partial charge in [-0.2, -0.15) is 0 Å². The van der Waals surface area contributed by atoms with Crippen LogP contribution < -0.4 is 9.44 Å². The second-order valence-corrected chi connectivity index (χ2v) is 13.0. The molecule has 1 amide bonds. The molecule has 0 spiro atoms. The molecule has 0 aliphatic carbocycles. The van der Waals surface area contributed by atoms with E-state index in [9.17, 15) is 21.6 Å². The predicted molar refractivity (Wildman–Crippen MR) is 149 cm³/mol. The van der Waals surface area contributed by atoms with Gasteiger partial charge < -0.3 is 9.64 Å². The summed E-state index contributed by atoms with van der Waals surface area (Å²) in [4.78, 5) is 15.3. The van der Waals surface area contributed by atoms with Crippen molar-refractivity contribution in [1.82, 2.24) is 4.90 Å². The number of morpholine rings is 1. The van der Waals surface area contributed by atoms with Crippen molar-refractivity contribution in [2.45, 2.75) is 28.5 Å². The molecular formula is C26H29N3O6S3. The van der Waals surface area contributed by atoms with Crippen LogP contribution in [0.15, 0.2) is 75.4 Å². The van der Waals surface area contributed by atoms with Crippen LogP contribution >= 0.6 is 11.8 Å². The molecule has 9 nitrogen and oxygen atoms in total. The number of benzene rings is 3. The summed E-state index contributed by atoms with van der Waals surface area (Å²) in [7, 11) is -7.93. The van der Waals surface area contributed by atoms with Gasteiger partial charge in [0.05, 0.1) is 34.3 Å². The smallest absolute Gasteiger partial charge is 0.261 e. The Balaban J connectivity index is 1.54. The lowest BCUT2D eigenvalue weighted by atomic mass is 10.1. The highest BCUT2D eigenvalue weighted by molar-refractivity contribution is 7.98.